The summed E-state index contributed by atoms with van der Waals surface area (Å²) in [4.78, 5) is 18.1. The molecule has 1 N–H and O–H groups in total. The quantitative estimate of drug-likeness (QED) is 0.661. The van der Waals surface area contributed by atoms with Crippen molar-refractivity contribution >= 4 is 16.8 Å². The molecule has 1 unspecified atom stereocenters. The van der Waals surface area contributed by atoms with Crippen molar-refractivity contribution in [3.8, 4) is 0 Å². The number of unbranched alkanes of at least 4 members (excludes halogenated alkanes) is 3. The zero-order chi connectivity index (χ0) is 17.9. The second-order valence-electron chi connectivity index (χ2n) is 6.82. The molecule has 1 atom stereocenters. The van der Waals surface area contributed by atoms with Crippen LogP contribution in [0.3, 0.4) is 0 Å². The van der Waals surface area contributed by atoms with E-state index in [1.54, 1.807) is 11.0 Å². The highest BCUT2D eigenvalue weighted by atomic mass is 16.3. The zero-order valence-electron chi connectivity index (χ0n) is 14.7. The fraction of sp³-hybridized carbons (Fsp3) is 0.333. The number of carbonyl (C=O) groups excluding carboxylic acids is 1. The van der Waals surface area contributed by atoms with E-state index < -0.39 is 6.23 Å². The molecular formula is C21H23N3O2. The smallest absolute Gasteiger partial charge is 0.256 e. The minimum Gasteiger partial charge on any atom is -0.369 e. The number of pyridine rings is 1. The number of fused-ring (bicyclic) bond motifs is 2. The monoisotopic (exact) mass is 349 g/mol. The molecule has 4 rings (SSSR count). The van der Waals surface area contributed by atoms with Crippen LogP contribution < -0.4 is 0 Å². The summed E-state index contributed by atoms with van der Waals surface area (Å²) in [6.07, 6.45) is 9.21. The second-order valence-corrected chi connectivity index (χ2v) is 6.82. The normalized spacial score (nSPS) is 16.4. The first-order valence-electron chi connectivity index (χ1n) is 9.22. The second kappa shape index (κ2) is 7.30. The summed E-state index contributed by atoms with van der Waals surface area (Å²) >= 11 is 0. The van der Waals surface area contributed by atoms with Crippen LogP contribution in [0, 0.1) is 0 Å². The SMILES string of the molecule is O=C1c2ccccc2C(O)N1CCCCCCn1ccc2cnccc21. The summed E-state index contributed by atoms with van der Waals surface area (Å²) in [7, 11) is 0. The van der Waals surface area contributed by atoms with Crippen LogP contribution in [0.5, 0.6) is 0 Å². The molecule has 0 bridgehead atoms. The number of aromatic nitrogens is 2. The van der Waals surface area contributed by atoms with Gasteiger partial charge in [0, 0.05) is 48.2 Å². The van der Waals surface area contributed by atoms with Crippen molar-refractivity contribution in [1.29, 1.82) is 0 Å². The maximum absolute atomic E-state index is 12.4. The summed E-state index contributed by atoms with van der Waals surface area (Å²) < 4.78 is 2.27. The molecule has 0 spiro atoms. The van der Waals surface area contributed by atoms with Crippen molar-refractivity contribution in [3.05, 3.63) is 66.1 Å². The van der Waals surface area contributed by atoms with Gasteiger partial charge < -0.3 is 14.6 Å². The van der Waals surface area contributed by atoms with E-state index in [-0.39, 0.29) is 5.91 Å². The predicted molar refractivity (Wildman–Crippen MR) is 101 cm³/mol. The highest BCUT2D eigenvalue weighted by Crippen LogP contribution is 2.31. The first-order chi connectivity index (χ1) is 12.8. The average Bonchev–Trinajstić information content (AvgIpc) is 3.19. The van der Waals surface area contributed by atoms with Crippen LogP contribution in [-0.2, 0) is 6.54 Å². The van der Waals surface area contributed by atoms with Crippen LogP contribution in [0.1, 0.15) is 47.8 Å². The fourth-order valence-electron chi connectivity index (χ4n) is 3.73. The molecule has 2 aromatic heterocycles. The molecule has 1 amide bonds. The van der Waals surface area contributed by atoms with Crippen molar-refractivity contribution in [1.82, 2.24) is 14.5 Å². The predicted octanol–water partition coefficient (Wildman–Crippen LogP) is 3.74. The van der Waals surface area contributed by atoms with Gasteiger partial charge in [0.25, 0.3) is 5.91 Å². The number of nitrogens with zero attached hydrogens (tertiary/aromatic N) is 3. The third-order valence-corrected chi connectivity index (χ3v) is 5.14. The highest BCUT2D eigenvalue weighted by Gasteiger charge is 2.34. The largest absolute Gasteiger partial charge is 0.369 e. The molecule has 1 aliphatic heterocycles. The van der Waals surface area contributed by atoms with E-state index in [0.717, 1.165) is 37.8 Å². The van der Waals surface area contributed by atoms with Gasteiger partial charge >= 0.3 is 0 Å². The van der Waals surface area contributed by atoms with E-state index in [2.05, 4.69) is 21.8 Å². The summed E-state index contributed by atoms with van der Waals surface area (Å²) in [6.45, 7) is 1.59. The van der Waals surface area contributed by atoms with Gasteiger partial charge in [-0.3, -0.25) is 9.78 Å². The molecular weight excluding hydrogens is 326 g/mol. The Balaban J connectivity index is 1.22. The van der Waals surface area contributed by atoms with E-state index in [1.165, 1.54) is 10.9 Å². The van der Waals surface area contributed by atoms with Crippen molar-refractivity contribution in [3.63, 3.8) is 0 Å². The molecule has 0 saturated carbocycles. The summed E-state index contributed by atoms with van der Waals surface area (Å²) in [5.74, 6) is -0.0551. The van der Waals surface area contributed by atoms with Gasteiger partial charge in [0.2, 0.25) is 0 Å². The lowest BCUT2D eigenvalue weighted by atomic mass is 10.1. The third kappa shape index (κ3) is 3.10. The van der Waals surface area contributed by atoms with Crippen molar-refractivity contribution in [2.45, 2.75) is 38.5 Å². The van der Waals surface area contributed by atoms with Gasteiger partial charge in [-0.05, 0) is 31.0 Å². The van der Waals surface area contributed by atoms with E-state index in [1.807, 2.05) is 36.7 Å². The summed E-state index contributed by atoms with van der Waals surface area (Å²) in [5.41, 5.74) is 2.59. The number of aliphatic hydroxyl groups is 1. The number of benzene rings is 1. The minimum absolute atomic E-state index is 0.0551. The zero-order valence-corrected chi connectivity index (χ0v) is 14.7. The molecule has 0 saturated heterocycles. The van der Waals surface area contributed by atoms with E-state index in [9.17, 15) is 9.90 Å². The van der Waals surface area contributed by atoms with Crippen LogP contribution >= 0.6 is 0 Å². The number of amides is 1. The highest BCUT2D eigenvalue weighted by molar-refractivity contribution is 5.98. The lowest BCUT2D eigenvalue weighted by Gasteiger charge is -2.20. The topological polar surface area (TPSA) is 58.4 Å². The summed E-state index contributed by atoms with van der Waals surface area (Å²) in [5, 5.41) is 11.5. The van der Waals surface area contributed by atoms with E-state index in [0.29, 0.717) is 12.1 Å². The van der Waals surface area contributed by atoms with Crippen molar-refractivity contribution < 1.29 is 9.90 Å². The van der Waals surface area contributed by atoms with E-state index >= 15 is 0 Å². The lowest BCUT2D eigenvalue weighted by Crippen LogP contribution is -2.28. The molecule has 3 aromatic rings. The van der Waals surface area contributed by atoms with Crippen LogP contribution in [-0.4, -0.2) is 32.0 Å². The molecule has 26 heavy (non-hydrogen) atoms. The lowest BCUT2D eigenvalue weighted by molar-refractivity contribution is 0.0169. The van der Waals surface area contributed by atoms with Gasteiger partial charge in [-0.25, -0.2) is 0 Å². The number of carbonyl (C=O) groups is 1. The Morgan fingerprint density at radius 3 is 2.65 bits per heavy atom. The van der Waals surface area contributed by atoms with Crippen LogP contribution in [0.15, 0.2) is 55.0 Å². The Hall–Kier alpha value is -2.66. The average molecular weight is 349 g/mol. The van der Waals surface area contributed by atoms with Gasteiger partial charge in [0.15, 0.2) is 6.23 Å². The van der Waals surface area contributed by atoms with Gasteiger partial charge in [-0.1, -0.05) is 31.0 Å². The van der Waals surface area contributed by atoms with Crippen LogP contribution in [0.2, 0.25) is 0 Å². The molecule has 0 aliphatic carbocycles. The van der Waals surface area contributed by atoms with Gasteiger partial charge in [-0.15, -0.1) is 0 Å². The van der Waals surface area contributed by atoms with E-state index in [4.69, 9.17) is 0 Å². The molecule has 5 heteroatoms. The number of aliphatic hydroxyl groups excluding tert-OH is 1. The van der Waals surface area contributed by atoms with Crippen molar-refractivity contribution in [2.24, 2.45) is 0 Å². The summed E-state index contributed by atoms with van der Waals surface area (Å²) in [6, 6.07) is 11.5. The number of aryl methyl sites for hydroxylation is 1. The first-order valence-corrected chi connectivity index (χ1v) is 9.22. The maximum Gasteiger partial charge on any atom is 0.256 e. The van der Waals surface area contributed by atoms with Crippen molar-refractivity contribution in [2.75, 3.05) is 6.54 Å². The molecule has 3 heterocycles. The Morgan fingerprint density at radius 1 is 1.00 bits per heavy atom. The molecule has 0 radical (unpaired) electrons. The standard InChI is InChI=1S/C21H23N3O2/c25-20-17-7-3-4-8-18(17)21(26)24(20)13-6-2-1-5-12-23-14-10-16-15-22-11-9-19(16)23/h3-4,7-11,14-15,20,25H,1-2,5-6,12-13H2. The van der Waals surface area contributed by atoms with Gasteiger partial charge in [-0.2, -0.15) is 0 Å². The Kier molecular flexibility index (Phi) is 4.71. The minimum atomic E-state index is -0.793. The number of rotatable bonds is 7. The Labute approximate surface area is 152 Å². The molecule has 134 valence electrons. The third-order valence-electron chi connectivity index (χ3n) is 5.14. The Morgan fingerprint density at radius 2 is 1.81 bits per heavy atom. The first kappa shape index (κ1) is 16.8. The fourth-order valence-corrected chi connectivity index (χ4v) is 3.73. The Bertz CT molecular complexity index is 918. The molecule has 1 aliphatic rings. The molecule has 1 aromatic carbocycles. The maximum atomic E-state index is 12.4. The van der Waals surface area contributed by atoms with Crippen LogP contribution in [0.4, 0.5) is 0 Å². The van der Waals surface area contributed by atoms with Gasteiger partial charge in [0.1, 0.15) is 0 Å². The van der Waals surface area contributed by atoms with Crippen LogP contribution in [0.25, 0.3) is 10.9 Å². The molecule has 5 nitrogen and oxygen atoms in total. The number of hydrogen-bond donors (Lipinski definition) is 1. The number of hydrogen-bond acceptors (Lipinski definition) is 3. The molecule has 0 fully saturated rings. The van der Waals surface area contributed by atoms with Gasteiger partial charge in [0.05, 0.1) is 5.52 Å².